The van der Waals surface area contributed by atoms with Gasteiger partial charge in [0.05, 0.1) is 34.1 Å². The average Bonchev–Trinajstić information content (AvgIpc) is 3.02. The molecular weight excluding hydrogens is 646 g/mol. The lowest BCUT2D eigenvalue weighted by atomic mass is 9.82. The molecule has 0 aliphatic carbocycles. The molecule has 0 radical (unpaired) electrons. The van der Waals surface area contributed by atoms with Crippen LogP contribution in [0.15, 0.2) is 90.8 Å². The molecule has 1 heterocycles. The van der Waals surface area contributed by atoms with E-state index in [1.807, 2.05) is 6.07 Å². The number of nitrogens with zero attached hydrogens (tertiary/aromatic N) is 1. The van der Waals surface area contributed by atoms with Gasteiger partial charge in [0.15, 0.2) is 0 Å². The van der Waals surface area contributed by atoms with E-state index < -0.39 is 56.9 Å². The fourth-order valence-corrected chi connectivity index (χ4v) is 5.70. The summed E-state index contributed by atoms with van der Waals surface area (Å²) in [5.41, 5.74) is -2.75. The summed E-state index contributed by atoms with van der Waals surface area (Å²) in [5.74, 6) is 0. The first-order chi connectivity index (χ1) is 21.9. The van der Waals surface area contributed by atoms with Gasteiger partial charge in [-0.05, 0) is 75.4 Å². The fourth-order valence-electron chi connectivity index (χ4n) is 5.00. The Balaban J connectivity index is 1.74. The Morgan fingerprint density at radius 2 is 1.47 bits per heavy atom. The number of nitrogens with one attached hydrogen (secondary N) is 1. The van der Waals surface area contributed by atoms with E-state index in [0.29, 0.717) is 35.4 Å². The van der Waals surface area contributed by atoms with Crippen LogP contribution < -0.4 is 4.72 Å². The number of benzene rings is 3. The number of rotatable bonds is 9. The van der Waals surface area contributed by atoms with Crippen molar-refractivity contribution < 1.29 is 44.8 Å². The van der Waals surface area contributed by atoms with Gasteiger partial charge in [0.25, 0.3) is 0 Å². The highest BCUT2D eigenvalue weighted by Gasteiger charge is 2.45. The zero-order valence-corrected chi connectivity index (χ0v) is 27.1. The second-order valence-corrected chi connectivity index (χ2v) is 14.2. The first-order valence-electron chi connectivity index (χ1n) is 14.8. The predicted octanol–water partition coefficient (Wildman–Crippen LogP) is 9.02. The molecule has 0 saturated carbocycles. The van der Waals surface area contributed by atoms with Crippen molar-refractivity contribution >= 4 is 17.1 Å². The lowest BCUT2D eigenvalue weighted by Crippen LogP contribution is -2.53. The average molecular weight is 683 g/mol. The van der Waals surface area contributed by atoms with E-state index >= 15 is 0 Å². The summed E-state index contributed by atoms with van der Waals surface area (Å²) in [6, 6.07) is 19.0. The van der Waals surface area contributed by atoms with Gasteiger partial charge in [-0.3, -0.25) is 4.90 Å². The molecule has 3 aromatic carbocycles. The maximum Gasteiger partial charge on any atom is 0.416 e. The molecule has 254 valence electrons. The normalized spacial score (nSPS) is 18.7. The highest BCUT2D eigenvalue weighted by atomic mass is 32.2. The van der Waals surface area contributed by atoms with E-state index in [1.165, 1.54) is 18.0 Å². The smallest absolute Gasteiger partial charge is 0.416 e. The second-order valence-electron chi connectivity index (χ2n) is 12.2. The lowest BCUT2D eigenvalue weighted by molar-refractivity contribution is -0.143. The summed E-state index contributed by atoms with van der Waals surface area (Å²) >= 11 is 0. The van der Waals surface area contributed by atoms with Crippen LogP contribution in [0.3, 0.4) is 0 Å². The third-order valence-electron chi connectivity index (χ3n) is 7.70. The summed E-state index contributed by atoms with van der Waals surface area (Å²) in [5, 5.41) is 0. The van der Waals surface area contributed by atoms with Crippen LogP contribution in [0.5, 0.6) is 0 Å². The molecule has 6 nitrogen and oxygen atoms in total. The first-order valence-corrected chi connectivity index (χ1v) is 15.9. The highest BCUT2D eigenvalue weighted by Crippen LogP contribution is 2.42. The number of hydrogen-bond donors (Lipinski definition) is 1. The van der Waals surface area contributed by atoms with Crippen LogP contribution in [0.1, 0.15) is 74.5 Å². The molecule has 13 heteroatoms. The largest absolute Gasteiger partial charge is 0.444 e. The Labute approximate surface area is 272 Å². The molecule has 0 fully saturated rings. The molecular formula is C34H36F6N2O4S. The van der Waals surface area contributed by atoms with Gasteiger partial charge in [-0.25, -0.2) is 9.00 Å². The number of amides is 1. The van der Waals surface area contributed by atoms with Crippen molar-refractivity contribution in [3.8, 4) is 0 Å². The van der Waals surface area contributed by atoms with E-state index in [1.54, 1.807) is 75.4 Å². The Hall–Kier alpha value is -3.84. The molecule has 1 amide bonds. The molecule has 47 heavy (non-hydrogen) atoms. The van der Waals surface area contributed by atoms with Crippen LogP contribution in [0.4, 0.5) is 31.1 Å². The molecule has 1 aliphatic rings. The summed E-state index contributed by atoms with van der Waals surface area (Å²) in [6.07, 6.45) is -10.1. The number of carbonyl (C=O) groups excluding carboxylic acids is 1. The van der Waals surface area contributed by atoms with Gasteiger partial charge in [0.1, 0.15) is 17.6 Å². The summed E-state index contributed by atoms with van der Waals surface area (Å²) < 4.78 is 109. The second kappa shape index (κ2) is 14.1. The number of alkyl halides is 6. The first kappa shape index (κ1) is 36.0. The number of halogens is 6. The van der Waals surface area contributed by atoms with Crippen molar-refractivity contribution in [2.45, 2.75) is 75.9 Å². The predicted molar refractivity (Wildman–Crippen MR) is 166 cm³/mol. The lowest BCUT2D eigenvalue weighted by Gasteiger charge is -2.45. The molecule has 3 aromatic rings. The molecule has 0 saturated heterocycles. The van der Waals surface area contributed by atoms with Gasteiger partial charge in [0, 0.05) is 11.9 Å². The summed E-state index contributed by atoms with van der Waals surface area (Å²) in [4.78, 5) is 15.2. The van der Waals surface area contributed by atoms with E-state index in [9.17, 15) is 35.3 Å². The Morgan fingerprint density at radius 3 is 2.00 bits per heavy atom. The number of carbonyl (C=O) groups is 1. The molecule has 0 aromatic heterocycles. The molecule has 1 aliphatic heterocycles. The van der Waals surface area contributed by atoms with E-state index in [2.05, 4.69) is 4.72 Å². The van der Waals surface area contributed by atoms with Crippen molar-refractivity contribution in [3.05, 3.63) is 119 Å². The standard InChI is InChI=1S/C34H36F6N2O4S/c1-23(25-17-27(33(35,36)37)19-28(18-25)34(38,39)40)46-22-32(26-13-9-6-10-14-26)16-15-29(41-47(44)31(2,3)4)20-42(32)30(43)45-21-24-11-7-5-8-12-24/h5-14,17-20,23,41H,15-16,21-22H2,1-4H3/t23-,32-,47?/m1/s1. The molecule has 0 spiro atoms. The Kier molecular flexibility index (Phi) is 10.8. The molecule has 1 N–H and O–H groups in total. The van der Waals surface area contributed by atoms with E-state index in [0.717, 1.165) is 0 Å². The maximum absolute atomic E-state index is 13.9. The number of allylic oxidation sites excluding steroid dienone is 1. The van der Waals surface area contributed by atoms with Gasteiger partial charge in [0.2, 0.25) is 0 Å². The monoisotopic (exact) mass is 682 g/mol. The van der Waals surface area contributed by atoms with Crippen molar-refractivity contribution in [1.29, 1.82) is 0 Å². The van der Waals surface area contributed by atoms with Gasteiger partial charge in [-0.15, -0.1) is 0 Å². The van der Waals surface area contributed by atoms with Crippen LogP contribution in [-0.2, 0) is 45.0 Å². The third-order valence-corrected chi connectivity index (χ3v) is 9.26. The minimum absolute atomic E-state index is 0.0636. The number of hydrogen-bond acceptors (Lipinski definition) is 4. The molecule has 3 atom stereocenters. The van der Waals surface area contributed by atoms with Gasteiger partial charge >= 0.3 is 18.4 Å². The van der Waals surface area contributed by atoms with Crippen LogP contribution in [0, 0.1) is 0 Å². The van der Waals surface area contributed by atoms with Crippen LogP contribution in [0.2, 0.25) is 0 Å². The Bertz CT molecular complexity index is 1560. The van der Waals surface area contributed by atoms with E-state index in [-0.39, 0.29) is 31.3 Å². The SMILES string of the molecule is C[C@@H](OC[C@@]1(c2ccccc2)CCC(NS(=O)C(C)(C)C)=CN1C(=O)OCc1ccccc1)c1cc(C(F)(F)F)cc(C(F)(F)F)c1. The topological polar surface area (TPSA) is 67.9 Å². The highest BCUT2D eigenvalue weighted by molar-refractivity contribution is 7.84. The van der Waals surface area contributed by atoms with Crippen molar-refractivity contribution in [2.24, 2.45) is 0 Å². The van der Waals surface area contributed by atoms with Gasteiger partial charge < -0.3 is 14.2 Å². The summed E-state index contributed by atoms with van der Waals surface area (Å²) in [7, 11) is -1.53. The maximum atomic E-state index is 13.9. The van der Waals surface area contributed by atoms with Crippen molar-refractivity contribution in [1.82, 2.24) is 9.62 Å². The number of ether oxygens (including phenoxy) is 2. The quantitative estimate of drug-likeness (QED) is 0.229. The van der Waals surface area contributed by atoms with Gasteiger partial charge in [-0.1, -0.05) is 60.7 Å². The van der Waals surface area contributed by atoms with Crippen molar-refractivity contribution in [2.75, 3.05) is 6.61 Å². The van der Waals surface area contributed by atoms with Crippen LogP contribution in [-0.4, -0.2) is 26.6 Å². The third kappa shape index (κ3) is 8.95. The minimum Gasteiger partial charge on any atom is -0.444 e. The van der Waals surface area contributed by atoms with Crippen LogP contribution in [0.25, 0.3) is 0 Å². The zero-order valence-electron chi connectivity index (χ0n) is 26.2. The van der Waals surface area contributed by atoms with Crippen molar-refractivity contribution in [3.63, 3.8) is 0 Å². The zero-order chi connectivity index (χ0) is 34.6. The summed E-state index contributed by atoms with van der Waals surface area (Å²) in [6.45, 7) is 6.31. The Morgan fingerprint density at radius 1 is 0.915 bits per heavy atom. The van der Waals surface area contributed by atoms with Gasteiger partial charge in [-0.2, -0.15) is 26.3 Å². The van der Waals surface area contributed by atoms with E-state index in [4.69, 9.17) is 9.47 Å². The molecule has 4 rings (SSSR count). The molecule has 1 unspecified atom stereocenters. The molecule has 0 bridgehead atoms. The fraction of sp³-hybridized carbons (Fsp3) is 0.382. The van der Waals surface area contributed by atoms with Crippen LogP contribution >= 0.6 is 0 Å². The minimum atomic E-state index is -5.02.